The van der Waals surface area contributed by atoms with Gasteiger partial charge >= 0.3 is 5.97 Å². The third kappa shape index (κ3) is 3.45. The first-order chi connectivity index (χ1) is 10.7. The molecule has 3 rings (SSSR count). The second-order valence-electron chi connectivity index (χ2n) is 4.46. The summed E-state index contributed by atoms with van der Waals surface area (Å²) in [5.74, 6) is 6.02. The molecule has 0 aliphatic carbocycles. The largest absolute Gasteiger partial charge is 0.466 e. The molecule has 4 heteroatoms. The topological polar surface area (TPSA) is 26.3 Å². The Balaban J connectivity index is 1.78. The fourth-order valence-corrected chi connectivity index (χ4v) is 3.58. The van der Waals surface area contributed by atoms with E-state index in [2.05, 4.69) is 34.8 Å². The molecular weight excluding hydrogens is 312 g/mol. The third-order valence-corrected chi connectivity index (χ3v) is 4.94. The maximum atomic E-state index is 11.1. The van der Waals surface area contributed by atoms with E-state index in [9.17, 15) is 4.79 Å². The van der Waals surface area contributed by atoms with E-state index in [1.54, 1.807) is 28.7 Å². The molecule has 0 aliphatic heterocycles. The summed E-state index contributed by atoms with van der Waals surface area (Å²) in [6.07, 6.45) is 3.15. The lowest BCUT2D eigenvalue weighted by atomic mass is 10.2. The summed E-state index contributed by atoms with van der Waals surface area (Å²) < 4.78 is 5.81. The van der Waals surface area contributed by atoms with E-state index in [-0.39, 0.29) is 5.97 Å². The van der Waals surface area contributed by atoms with Crippen LogP contribution in [-0.2, 0) is 9.53 Å². The molecular formula is C18H12O2S2. The van der Waals surface area contributed by atoms with Gasteiger partial charge in [0.25, 0.3) is 0 Å². The van der Waals surface area contributed by atoms with Crippen molar-refractivity contribution in [3.05, 3.63) is 63.2 Å². The first kappa shape index (κ1) is 14.6. The van der Waals surface area contributed by atoms with Crippen molar-refractivity contribution in [2.45, 2.75) is 0 Å². The minimum absolute atomic E-state index is 0.355. The van der Waals surface area contributed by atoms with Crippen molar-refractivity contribution in [2.24, 2.45) is 0 Å². The van der Waals surface area contributed by atoms with Crippen LogP contribution in [0, 0.1) is 11.8 Å². The second-order valence-corrected chi connectivity index (χ2v) is 6.66. The number of thiophene rings is 2. The van der Waals surface area contributed by atoms with E-state index in [0.29, 0.717) is 0 Å². The molecule has 1 aromatic carbocycles. The highest BCUT2D eigenvalue weighted by atomic mass is 32.1. The number of fused-ring (bicyclic) bond motifs is 1. The third-order valence-electron chi connectivity index (χ3n) is 2.95. The molecule has 0 saturated carbocycles. The molecule has 0 N–H and O–H groups in total. The maximum Gasteiger partial charge on any atom is 0.330 e. The number of carbonyl (C=O) groups excluding carboxylic acids is 1. The van der Waals surface area contributed by atoms with E-state index in [4.69, 9.17) is 0 Å². The van der Waals surface area contributed by atoms with Crippen LogP contribution in [0.25, 0.3) is 16.2 Å². The lowest BCUT2D eigenvalue weighted by molar-refractivity contribution is -0.134. The summed E-state index contributed by atoms with van der Waals surface area (Å²) in [4.78, 5) is 14.1. The molecule has 0 aliphatic rings. The van der Waals surface area contributed by atoms with Crippen LogP contribution in [0.1, 0.15) is 14.6 Å². The first-order valence-electron chi connectivity index (χ1n) is 6.61. The van der Waals surface area contributed by atoms with E-state index in [1.807, 2.05) is 24.3 Å². The van der Waals surface area contributed by atoms with Gasteiger partial charge < -0.3 is 4.74 Å². The standard InChI is InChI=1S/C18H12O2S2/c1-20-18(19)11-10-15-7-6-14(21-15)8-9-16-12-13-4-2-3-5-17(13)22-16/h2-7,10-12H,1H3/b11-10+. The predicted octanol–water partition coefficient (Wildman–Crippen LogP) is 4.55. The molecule has 108 valence electrons. The highest BCUT2D eigenvalue weighted by Crippen LogP contribution is 2.24. The Morgan fingerprint density at radius 1 is 1.09 bits per heavy atom. The van der Waals surface area contributed by atoms with Crippen LogP contribution in [0.5, 0.6) is 0 Å². The molecule has 0 saturated heterocycles. The Morgan fingerprint density at radius 2 is 1.91 bits per heavy atom. The molecule has 0 atom stereocenters. The Hall–Kier alpha value is -2.35. The fraction of sp³-hybridized carbons (Fsp3) is 0.0556. The van der Waals surface area contributed by atoms with Gasteiger partial charge in [-0.2, -0.15) is 0 Å². The van der Waals surface area contributed by atoms with Gasteiger partial charge in [0, 0.05) is 15.7 Å². The van der Waals surface area contributed by atoms with Crippen molar-refractivity contribution in [1.29, 1.82) is 0 Å². The van der Waals surface area contributed by atoms with Gasteiger partial charge in [0.2, 0.25) is 0 Å². The summed E-state index contributed by atoms with van der Waals surface area (Å²) in [6, 6.07) is 14.3. The van der Waals surface area contributed by atoms with E-state index < -0.39 is 0 Å². The van der Waals surface area contributed by atoms with Crippen molar-refractivity contribution in [2.75, 3.05) is 7.11 Å². The number of rotatable bonds is 2. The summed E-state index contributed by atoms with van der Waals surface area (Å²) in [5, 5.41) is 1.23. The number of hydrogen-bond donors (Lipinski definition) is 0. The molecule has 22 heavy (non-hydrogen) atoms. The van der Waals surface area contributed by atoms with Crippen LogP contribution in [-0.4, -0.2) is 13.1 Å². The van der Waals surface area contributed by atoms with Gasteiger partial charge in [0.1, 0.15) is 0 Å². The number of methoxy groups -OCH3 is 1. The van der Waals surface area contributed by atoms with Gasteiger partial charge in [0.15, 0.2) is 0 Å². The quantitative estimate of drug-likeness (QED) is 0.393. The number of carbonyl (C=O) groups is 1. The number of benzene rings is 1. The lowest BCUT2D eigenvalue weighted by Gasteiger charge is -1.87. The molecule has 0 amide bonds. The van der Waals surface area contributed by atoms with Gasteiger partial charge in [-0.1, -0.05) is 18.2 Å². The molecule has 2 heterocycles. The number of ether oxygens (including phenoxy) is 1. The molecule has 0 unspecified atom stereocenters. The molecule has 0 fully saturated rings. The van der Waals surface area contributed by atoms with Crippen LogP contribution in [0.2, 0.25) is 0 Å². The van der Waals surface area contributed by atoms with Crippen molar-refractivity contribution < 1.29 is 9.53 Å². The summed E-state index contributed by atoms with van der Waals surface area (Å²) in [5.41, 5.74) is 0. The van der Waals surface area contributed by atoms with Crippen LogP contribution in [0.4, 0.5) is 0 Å². The number of esters is 1. The van der Waals surface area contributed by atoms with Gasteiger partial charge in [-0.05, 0) is 47.6 Å². The Morgan fingerprint density at radius 3 is 2.73 bits per heavy atom. The Labute approximate surface area is 136 Å². The van der Waals surface area contributed by atoms with Crippen LogP contribution in [0.3, 0.4) is 0 Å². The molecule has 2 nitrogen and oxygen atoms in total. The summed E-state index contributed by atoms with van der Waals surface area (Å²) in [6.45, 7) is 0. The first-order valence-corrected chi connectivity index (χ1v) is 8.24. The predicted molar refractivity (Wildman–Crippen MR) is 93.2 cm³/mol. The molecule has 0 bridgehead atoms. The number of hydrogen-bond acceptors (Lipinski definition) is 4. The average Bonchev–Trinajstić information content (AvgIpc) is 3.16. The summed E-state index contributed by atoms with van der Waals surface area (Å²) in [7, 11) is 1.36. The van der Waals surface area contributed by atoms with Crippen molar-refractivity contribution in [3.63, 3.8) is 0 Å². The van der Waals surface area contributed by atoms with Crippen molar-refractivity contribution >= 4 is 44.8 Å². The van der Waals surface area contributed by atoms with E-state index in [0.717, 1.165) is 14.6 Å². The van der Waals surface area contributed by atoms with Crippen LogP contribution < -0.4 is 0 Å². The molecule has 3 aromatic rings. The molecule has 2 aromatic heterocycles. The average molecular weight is 324 g/mol. The smallest absolute Gasteiger partial charge is 0.330 e. The van der Waals surface area contributed by atoms with Crippen LogP contribution in [0.15, 0.2) is 48.5 Å². The zero-order chi connectivity index (χ0) is 15.4. The van der Waals surface area contributed by atoms with Gasteiger partial charge in [-0.25, -0.2) is 4.79 Å². The highest BCUT2D eigenvalue weighted by molar-refractivity contribution is 7.19. The Kier molecular flexibility index (Phi) is 4.38. The minimum atomic E-state index is -0.355. The molecule has 0 spiro atoms. The van der Waals surface area contributed by atoms with Gasteiger partial charge in [-0.3, -0.25) is 0 Å². The SMILES string of the molecule is COC(=O)/C=C/c1ccc(C#Cc2cc3ccccc3s2)s1. The Bertz CT molecular complexity index is 871. The van der Waals surface area contributed by atoms with E-state index >= 15 is 0 Å². The maximum absolute atomic E-state index is 11.1. The van der Waals surface area contributed by atoms with Gasteiger partial charge in [-0.15, -0.1) is 22.7 Å². The zero-order valence-corrected chi connectivity index (χ0v) is 13.5. The highest BCUT2D eigenvalue weighted by Gasteiger charge is 1.99. The summed E-state index contributed by atoms with van der Waals surface area (Å²) >= 11 is 3.24. The van der Waals surface area contributed by atoms with E-state index in [1.165, 1.54) is 23.3 Å². The lowest BCUT2D eigenvalue weighted by Crippen LogP contribution is -1.92. The second kappa shape index (κ2) is 6.61. The fourth-order valence-electron chi connectivity index (χ4n) is 1.89. The molecule has 0 radical (unpaired) electrons. The van der Waals surface area contributed by atoms with Crippen molar-refractivity contribution in [1.82, 2.24) is 0 Å². The zero-order valence-electron chi connectivity index (χ0n) is 11.8. The normalized spacial score (nSPS) is 10.6. The van der Waals surface area contributed by atoms with Crippen LogP contribution >= 0.6 is 22.7 Å². The monoisotopic (exact) mass is 324 g/mol. The minimum Gasteiger partial charge on any atom is -0.466 e. The van der Waals surface area contributed by atoms with Gasteiger partial charge in [0.05, 0.1) is 16.9 Å². The van der Waals surface area contributed by atoms with Crippen molar-refractivity contribution in [3.8, 4) is 11.8 Å².